The van der Waals surface area contributed by atoms with Crippen molar-refractivity contribution >= 4 is 27.5 Å². The van der Waals surface area contributed by atoms with Crippen LogP contribution >= 0.6 is 27.5 Å². The highest BCUT2D eigenvalue weighted by atomic mass is 79.9. The van der Waals surface area contributed by atoms with Crippen LogP contribution in [-0.4, -0.2) is 5.38 Å². The van der Waals surface area contributed by atoms with E-state index in [9.17, 15) is 0 Å². The van der Waals surface area contributed by atoms with Gasteiger partial charge in [-0.3, -0.25) is 0 Å². The lowest BCUT2D eigenvalue weighted by molar-refractivity contribution is 0.399. The molecule has 0 aliphatic carbocycles. The van der Waals surface area contributed by atoms with E-state index in [1.165, 1.54) is 5.56 Å². The van der Waals surface area contributed by atoms with Gasteiger partial charge in [0.15, 0.2) is 0 Å². The Kier molecular flexibility index (Phi) is 5.14. The quantitative estimate of drug-likeness (QED) is 0.692. The fourth-order valence-electron chi connectivity index (χ4n) is 1.49. The summed E-state index contributed by atoms with van der Waals surface area (Å²) in [4.78, 5) is 0. The highest BCUT2D eigenvalue weighted by Crippen LogP contribution is 2.23. The van der Waals surface area contributed by atoms with Crippen LogP contribution in [0.2, 0.25) is 0 Å². The van der Waals surface area contributed by atoms with Gasteiger partial charge in [0, 0.05) is 9.85 Å². The van der Waals surface area contributed by atoms with Crippen molar-refractivity contribution in [3.8, 4) is 0 Å². The van der Waals surface area contributed by atoms with Crippen LogP contribution in [0, 0.1) is 11.8 Å². The van der Waals surface area contributed by atoms with Crippen molar-refractivity contribution in [2.75, 3.05) is 0 Å². The van der Waals surface area contributed by atoms with Crippen LogP contribution < -0.4 is 0 Å². The minimum Gasteiger partial charge on any atom is -0.122 e. The van der Waals surface area contributed by atoms with Gasteiger partial charge in [-0.25, -0.2) is 0 Å². The minimum atomic E-state index is 0.222. The molecule has 2 unspecified atom stereocenters. The number of hydrogen-bond acceptors (Lipinski definition) is 0. The van der Waals surface area contributed by atoms with Crippen LogP contribution in [0.5, 0.6) is 0 Å². The molecule has 0 amide bonds. The maximum Gasteiger partial charge on any atom is 0.0404 e. The van der Waals surface area contributed by atoms with Crippen molar-refractivity contribution in [2.45, 2.75) is 32.6 Å². The lowest BCUT2D eigenvalue weighted by Gasteiger charge is -2.21. The van der Waals surface area contributed by atoms with Crippen molar-refractivity contribution in [3.63, 3.8) is 0 Å². The first-order chi connectivity index (χ1) is 7.00. The molecule has 0 saturated heterocycles. The molecule has 1 aromatic carbocycles. The van der Waals surface area contributed by atoms with E-state index in [1.54, 1.807) is 0 Å². The molecule has 84 valence electrons. The maximum absolute atomic E-state index is 6.40. The van der Waals surface area contributed by atoms with Gasteiger partial charge >= 0.3 is 0 Å². The summed E-state index contributed by atoms with van der Waals surface area (Å²) in [7, 11) is 0. The molecule has 0 aliphatic rings. The van der Waals surface area contributed by atoms with E-state index in [1.807, 2.05) is 6.07 Å². The fourth-order valence-corrected chi connectivity index (χ4v) is 2.41. The fraction of sp³-hybridized carbons (Fsp3) is 0.538. The van der Waals surface area contributed by atoms with Gasteiger partial charge < -0.3 is 0 Å². The highest BCUT2D eigenvalue weighted by Gasteiger charge is 2.17. The standard InChI is InChI=1S/C13H18BrCl/c1-9(2)10(3)13(15)8-11-5-4-6-12(14)7-11/h4-7,9-10,13H,8H2,1-3H3. The van der Waals surface area contributed by atoms with Crippen LogP contribution in [0.4, 0.5) is 0 Å². The smallest absolute Gasteiger partial charge is 0.0404 e. The zero-order valence-corrected chi connectivity index (χ0v) is 11.8. The van der Waals surface area contributed by atoms with E-state index >= 15 is 0 Å². The van der Waals surface area contributed by atoms with Gasteiger partial charge in [-0.2, -0.15) is 0 Å². The largest absolute Gasteiger partial charge is 0.122 e. The van der Waals surface area contributed by atoms with Crippen LogP contribution in [0.25, 0.3) is 0 Å². The van der Waals surface area contributed by atoms with Gasteiger partial charge in [0.25, 0.3) is 0 Å². The Hall–Kier alpha value is -0.0100. The number of rotatable bonds is 4. The predicted molar refractivity (Wildman–Crippen MR) is 71.5 cm³/mol. The molecule has 0 radical (unpaired) electrons. The van der Waals surface area contributed by atoms with Gasteiger partial charge in [-0.15, -0.1) is 11.6 Å². The van der Waals surface area contributed by atoms with E-state index in [-0.39, 0.29) is 5.38 Å². The molecule has 0 bridgehead atoms. The number of halogens is 2. The van der Waals surface area contributed by atoms with Gasteiger partial charge in [0.05, 0.1) is 0 Å². The third kappa shape index (κ3) is 4.16. The van der Waals surface area contributed by atoms with E-state index < -0.39 is 0 Å². The first-order valence-corrected chi connectivity index (χ1v) is 6.62. The average molecular weight is 290 g/mol. The summed E-state index contributed by atoms with van der Waals surface area (Å²) in [5, 5.41) is 0.222. The molecule has 0 aromatic heterocycles. The third-order valence-electron chi connectivity index (χ3n) is 2.94. The SMILES string of the molecule is CC(C)C(C)C(Cl)Cc1cccc(Br)c1. The van der Waals surface area contributed by atoms with E-state index in [0.717, 1.165) is 10.9 Å². The molecule has 0 nitrogen and oxygen atoms in total. The molecule has 0 saturated carbocycles. The van der Waals surface area contributed by atoms with Crippen LogP contribution in [0.15, 0.2) is 28.7 Å². The normalized spacial score (nSPS) is 15.3. The monoisotopic (exact) mass is 288 g/mol. The first-order valence-electron chi connectivity index (χ1n) is 5.39. The highest BCUT2D eigenvalue weighted by molar-refractivity contribution is 9.10. The van der Waals surface area contributed by atoms with E-state index in [0.29, 0.717) is 11.8 Å². The summed E-state index contributed by atoms with van der Waals surface area (Å²) in [5.41, 5.74) is 1.30. The lowest BCUT2D eigenvalue weighted by atomic mass is 9.91. The molecule has 15 heavy (non-hydrogen) atoms. The van der Waals surface area contributed by atoms with Crippen LogP contribution in [0.3, 0.4) is 0 Å². The number of benzene rings is 1. The first kappa shape index (κ1) is 13.1. The molecular weight excluding hydrogens is 272 g/mol. The van der Waals surface area contributed by atoms with E-state index in [4.69, 9.17) is 11.6 Å². The number of alkyl halides is 1. The van der Waals surface area contributed by atoms with Gasteiger partial charge in [0.1, 0.15) is 0 Å². The Balaban J connectivity index is 2.62. The summed E-state index contributed by atoms with van der Waals surface area (Å²) in [6, 6.07) is 8.37. The average Bonchev–Trinajstić information content (AvgIpc) is 2.16. The van der Waals surface area contributed by atoms with Crippen molar-refractivity contribution < 1.29 is 0 Å². The maximum atomic E-state index is 6.40. The summed E-state index contributed by atoms with van der Waals surface area (Å²) >= 11 is 9.87. The van der Waals surface area contributed by atoms with Crippen LogP contribution in [-0.2, 0) is 6.42 Å². The van der Waals surface area contributed by atoms with Crippen molar-refractivity contribution in [1.29, 1.82) is 0 Å². The molecule has 0 spiro atoms. The Labute approximate surface area is 106 Å². The molecule has 1 aromatic rings. The van der Waals surface area contributed by atoms with Crippen LogP contribution in [0.1, 0.15) is 26.3 Å². The summed E-state index contributed by atoms with van der Waals surface area (Å²) in [5.74, 6) is 1.19. The van der Waals surface area contributed by atoms with Crippen molar-refractivity contribution in [3.05, 3.63) is 34.3 Å². The van der Waals surface area contributed by atoms with Gasteiger partial charge in [-0.05, 0) is 36.0 Å². The summed E-state index contributed by atoms with van der Waals surface area (Å²) < 4.78 is 1.13. The topological polar surface area (TPSA) is 0 Å². The molecule has 0 heterocycles. The summed E-state index contributed by atoms with van der Waals surface area (Å²) in [6.07, 6.45) is 0.945. The molecular formula is C13H18BrCl. The zero-order chi connectivity index (χ0) is 11.4. The molecule has 2 heteroatoms. The lowest BCUT2D eigenvalue weighted by Crippen LogP contribution is -2.19. The Morgan fingerprint density at radius 3 is 2.47 bits per heavy atom. The van der Waals surface area contributed by atoms with Gasteiger partial charge in [0.2, 0.25) is 0 Å². The minimum absolute atomic E-state index is 0.222. The molecule has 0 fully saturated rings. The zero-order valence-electron chi connectivity index (χ0n) is 9.50. The Morgan fingerprint density at radius 2 is 1.93 bits per heavy atom. The van der Waals surface area contributed by atoms with Gasteiger partial charge in [-0.1, -0.05) is 48.8 Å². The number of hydrogen-bond donors (Lipinski definition) is 0. The predicted octanol–water partition coefficient (Wildman–Crippen LogP) is 4.89. The molecule has 0 N–H and O–H groups in total. The second-order valence-electron chi connectivity index (χ2n) is 4.45. The van der Waals surface area contributed by atoms with Crippen molar-refractivity contribution in [1.82, 2.24) is 0 Å². The second kappa shape index (κ2) is 5.91. The summed E-state index contributed by atoms with van der Waals surface area (Å²) in [6.45, 7) is 6.67. The van der Waals surface area contributed by atoms with Crippen molar-refractivity contribution in [2.24, 2.45) is 11.8 Å². The Bertz CT molecular complexity index is 309. The molecule has 1 rings (SSSR count). The third-order valence-corrected chi connectivity index (χ3v) is 3.99. The van der Waals surface area contributed by atoms with E-state index in [2.05, 4.69) is 54.9 Å². The second-order valence-corrected chi connectivity index (χ2v) is 5.93. The Morgan fingerprint density at radius 1 is 1.27 bits per heavy atom. The molecule has 2 atom stereocenters. The molecule has 0 aliphatic heterocycles.